The molecule has 140 valence electrons. The zero-order valence-corrected chi connectivity index (χ0v) is 13.2. The van der Waals surface area contributed by atoms with Gasteiger partial charge in [-0.05, 0) is 0 Å². The van der Waals surface area contributed by atoms with Crippen molar-refractivity contribution in [2.45, 2.75) is 29.5 Å². The van der Waals surface area contributed by atoms with Crippen LogP contribution in [0.1, 0.15) is 0 Å². The molecule has 6 nitrogen and oxygen atoms in total. The van der Waals surface area contributed by atoms with Crippen LogP contribution in [-0.4, -0.2) is 67.7 Å². The molecular weight excluding hydrogens is 422 g/mol. The predicted molar refractivity (Wildman–Crippen MR) is 67.4 cm³/mol. The molecule has 13 heteroatoms. The Balaban J connectivity index is 4.64. The van der Waals surface area contributed by atoms with Crippen LogP contribution in [0, 0.1) is 0 Å². The minimum absolute atomic E-state index is 0.115. The van der Waals surface area contributed by atoms with Crippen molar-refractivity contribution in [1.82, 2.24) is 0 Å². The smallest absolute Gasteiger partial charge is 0.422 e. The monoisotopic (exact) mass is 432 g/mol. The van der Waals surface area contributed by atoms with Crippen molar-refractivity contribution in [2.75, 3.05) is 19.9 Å². The molecule has 0 heterocycles. The molecule has 24 heavy (non-hydrogen) atoms. The van der Waals surface area contributed by atoms with Gasteiger partial charge in [-0.25, -0.2) is 18.0 Å². The second-order valence-electron chi connectivity index (χ2n) is 4.10. The van der Waals surface area contributed by atoms with Crippen molar-refractivity contribution < 1.29 is 54.9 Å². The Morgan fingerprint density at radius 1 is 1.17 bits per heavy atom. The van der Waals surface area contributed by atoms with Gasteiger partial charge in [-0.3, -0.25) is 9.59 Å². The van der Waals surface area contributed by atoms with E-state index in [2.05, 4.69) is 30.1 Å². The number of hydrogen-bond acceptors (Lipinski definition) is 6. The van der Waals surface area contributed by atoms with Gasteiger partial charge < -0.3 is 14.2 Å². The van der Waals surface area contributed by atoms with Gasteiger partial charge in [0.05, 0.1) is 0 Å². The Morgan fingerprint density at radius 3 is 2.21 bits per heavy atom. The first kappa shape index (κ1) is 22.5. The number of ether oxygens (including phenoxy) is 3. The minimum Gasteiger partial charge on any atom is -0.465 e. The number of hydrogen-bond donors (Lipinski definition) is 0. The number of alkyl halides is 7. The maximum Gasteiger partial charge on any atom is 0.422 e. The maximum absolute atomic E-state index is 13.5. The van der Waals surface area contributed by atoms with Gasteiger partial charge in [0.2, 0.25) is 6.17 Å². The SMILES string of the molecule is O=COCC(F)C(Br)C(=O)OC(CF)C(F)C(=O)OCC(F)(F)F. The molecule has 0 spiro atoms. The molecule has 0 aromatic rings. The fourth-order valence-corrected chi connectivity index (χ4v) is 1.39. The second-order valence-corrected chi connectivity index (χ2v) is 5.09. The third-order valence-corrected chi connectivity index (χ3v) is 3.16. The number of carbonyl (C=O) groups is 3. The Kier molecular flexibility index (Phi) is 9.70. The normalized spacial score (nSPS) is 16.5. The third kappa shape index (κ3) is 8.36. The highest BCUT2D eigenvalue weighted by Crippen LogP contribution is 2.18. The van der Waals surface area contributed by atoms with E-state index in [1.54, 1.807) is 0 Å². The number of rotatable bonds is 10. The highest BCUT2D eigenvalue weighted by Gasteiger charge is 2.38. The molecule has 0 aliphatic carbocycles. The van der Waals surface area contributed by atoms with E-state index in [1.807, 2.05) is 0 Å². The van der Waals surface area contributed by atoms with Crippen molar-refractivity contribution in [3.8, 4) is 0 Å². The van der Waals surface area contributed by atoms with E-state index in [-0.39, 0.29) is 6.47 Å². The summed E-state index contributed by atoms with van der Waals surface area (Å²) in [5.74, 6) is -3.67. The van der Waals surface area contributed by atoms with Crippen molar-refractivity contribution in [1.29, 1.82) is 0 Å². The molecule has 4 atom stereocenters. The first-order valence-electron chi connectivity index (χ1n) is 6.00. The van der Waals surface area contributed by atoms with E-state index >= 15 is 0 Å². The van der Waals surface area contributed by atoms with E-state index in [4.69, 9.17) is 0 Å². The average Bonchev–Trinajstić information content (AvgIpc) is 2.52. The molecule has 0 aliphatic heterocycles. The van der Waals surface area contributed by atoms with Crippen LogP contribution in [0.2, 0.25) is 0 Å². The Labute approximate surface area is 139 Å². The second kappa shape index (κ2) is 10.4. The molecule has 0 saturated carbocycles. The molecule has 0 bridgehead atoms. The summed E-state index contributed by atoms with van der Waals surface area (Å²) in [6.07, 6.45) is -12.6. The highest BCUT2D eigenvalue weighted by molar-refractivity contribution is 9.10. The van der Waals surface area contributed by atoms with Crippen molar-refractivity contribution in [2.24, 2.45) is 0 Å². The molecule has 0 N–H and O–H groups in total. The van der Waals surface area contributed by atoms with Gasteiger partial charge in [0.1, 0.15) is 18.1 Å². The quantitative estimate of drug-likeness (QED) is 0.171. The standard InChI is InChI=1S/C11H11BrF6O6/c12-7(5(14)2-22-4-19)9(20)24-6(1-13)8(15)10(21)23-3-11(16,17)18/h4-8H,1-3H2. The lowest BCUT2D eigenvalue weighted by molar-refractivity contribution is -0.194. The summed E-state index contributed by atoms with van der Waals surface area (Å²) in [6.45, 7) is -4.89. The molecule has 0 radical (unpaired) electrons. The Bertz CT molecular complexity index is 434. The van der Waals surface area contributed by atoms with Crippen molar-refractivity contribution in [3.05, 3.63) is 0 Å². The summed E-state index contributed by atoms with van der Waals surface area (Å²) in [7, 11) is 0. The number of esters is 2. The van der Waals surface area contributed by atoms with Crippen LogP contribution in [-0.2, 0) is 28.6 Å². The van der Waals surface area contributed by atoms with E-state index in [1.165, 1.54) is 0 Å². The lowest BCUT2D eigenvalue weighted by atomic mass is 10.2. The summed E-state index contributed by atoms with van der Waals surface area (Å²) in [5.41, 5.74) is 0. The van der Waals surface area contributed by atoms with Crippen LogP contribution in [0.5, 0.6) is 0 Å². The molecule has 0 aromatic heterocycles. The Morgan fingerprint density at radius 2 is 1.75 bits per heavy atom. The van der Waals surface area contributed by atoms with Gasteiger partial charge in [0, 0.05) is 0 Å². The van der Waals surface area contributed by atoms with E-state index < -0.39 is 61.3 Å². The van der Waals surface area contributed by atoms with Crippen LogP contribution in [0.3, 0.4) is 0 Å². The average molecular weight is 433 g/mol. The molecule has 0 aliphatic rings. The zero-order valence-electron chi connectivity index (χ0n) is 11.6. The first-order valence-corrected chi connectivity index (χ1v) is 6.92. The summed E-state index contributed by atoms with van der Waals surface area (Å²) < 4.78 is 86.8. The largest absolute Gasteiger partial charge is 0.465 e. The topological polar surface area (TPSA) is 78.9 Å². The van der Waals surface area contributed by atoms with E-state index in [9.17, 15) is 40.7 Å². The predicted octanol–water partition coefficient (Wildman–Crippen LogP) is 1.59. The van der Waals surface area contributed by atoms with Gasteiger partial charge >= 0.3 is 18.1 Å². The summed E-state index contributed by atoms with van der Waals surface area (Å²) in [5, 5.41) is 0. The van der Waals surface area contributed by atoms with Crippen LogP contribution < -0.4 is 0 Å². The first-order chi connectivity index (χ1) is 11.0. The van der Waals surface area contributed by atoms with Gasteiger partial charge in [-0.1, -0.05) is 15.9 Å². The van der Waals surface area contributed by atoms with Crippen molar-refractivity contribution in [3.63, 3.8) is 0 Å². The summed E-state index contributed by atoms with van der Waals surface area (Å²) >= 11 is 2.48. The lowest BCUT2D eigenvalue weighted by Gasteiger charge is -2.20. The zero-order chi connectivity index (χ0) is 18.9. The Hall–Kier alpha value is -1.53. The molecule has 0 amide bonds. The summed E-state index contributed by atoms with van der Waals surface area (Å²) in [6, 6.07) is 0. The van der Waals surface area contributed by atoms with Gasteiger partial charge in [0.25, 0.3) is 6.47 Å². The molecule has 0 rings (SSSR count). The maximum atomic E-state index is 13.5. The van der Waals surface area contributed by atoms with E-state index in [0.29, 0.717) is 0 Å². The van der Waals surface area contributed by atoms with Gasteiger partial charge in [0.15, 0.2) is 18.9 Å². The van der Waals surface area contributed by atoms with Crippen LogP contribution in [0.25, 0.3) is 0 Å². The fourth-order valence-electron chi connectivity index (χ4n) is 1.13. The molecule has 0 saturated heterocycles. The number of halogens is 7. The number of carbonyl (C=O) groups excluding carboxylic acids is 3. The highest BCUT2D eigenvalue weighted by atomic mass is 79.9. The van der Waals surface area contributed by atoms with Crippen molar-refractivity contribution >= 4 is 34.3 Å². The third-order valence-electron chi connectivity index (χ3n) is 2.22. The van der Waals surface area contributed by atoms with Gasteiger partial charge in [-0.2, -0.15) is 13.2 Å². The lowest BCUT2D eigenvalue weighted by Crippen LogP contribution is -2.41. The van der Waals surface area contributed by atoms with Crippen LogP contribution in [0.4, 0.5) is 26.3 Å². The van der Waals surface area contributed by atoms with Crippen LogP contribution >= 0.6 is 15.9 Å². The molecule has 0 aromatic carbocycles. The molecule has 0 fully saturated rings. The van der Waals surface area contributed by atoms with Crippen LogP contribution in [0.15, 0.2) is 0 Å². The summed E-state index contributed by atoms with van der Waals surface area (Å²) in [4.78, 5) is 30.5. The van der Waals surface area contributed by atoms with Gasteiger partial charge in [-0.15, -0.1) is 0 Å². The molecular formula is C11H11BrF6O6. The molecule has 4 unspecified atom stereocenters. The van der Waals surface area contributed by atoms with E-state index in [0.717, 1.165) is 0 Å². The minimum atomic E-state index is -4.93. The fraction of sp³-hybridized carbons (Fsp3) is 0.727.